The van der Waals surface area contributed by atoms with Gasteiger partial charge >= 0.3 is 6.18 Å². The van der Waals surface area contributed by atoms with Gasteiger partial charge in [0.25, 0.3) is 5.91 Å². The Morgan fingerprint density at radius 3 is 2.37 bits per heavy atom. The second kappa shape index (κ2) is 9.07. The highest BCUT2D eigenvalue weighted by Crippen LogP contribution is 2.30. The van der Waals surface area contributed by atoms with Gasteiger partial charge in [-0.15, -0.1) is 0 Å². The first-order valence-electron chi connectivity index (χ1n) is 8.14. The number of oxime groups is 1. The van der Waals surface area contributed by atoms with E-state index in [9.17, 15) is 18.0 Å². The van der Waals surface area contributed by atoms with Gasteiger partial charge in [0.1, 0.15) is 19.5 Å². The van der Waals surface area contributed by atoms with E-state index >= 15 is 0 Å². The van der Waals surface area contributed by atoms with Crippen LogP contribution >= 0.6 is 0 Å². The van der Waals surface area contributed by atoms with Crippen LogP contribution in [0.4, 0.5) is 13.2 Å². The predicted molar refractivity (Wildman–Crippen MR) is 94.4 cm³/mol. The van der Waals surface area contributed by atoms with Crippen LogP contribution in [0.3, 0.4) is 0 Å². The minimum absolute atomic E-state index is 0.0453. The van der Waals surface area contributed by atoms with Crippen molar-refractivity contribution in [3.05, 3.63) is 65.2 Å². The summed E-state index contributed by atoms with van der Waals surface area (Å²) in [6, 6.07) is 11.3. The van der Waals surface area contributed by atoms with E-state index in [4.69, 9.17) is 9.57 Å². The van der Waals surface area contributed by atoms with Gasteiger partial charge in [-0.1, -0.05) is 29.4 Å². The highest BCUT2D eigenvalue weighted by Gasteiger charge is 2.30. The molecule has 2 rings (SSSR count). The number of nitrogens with one attached hydrogen (secondary N) is 1. The van der Waals surface area contributed by atoms with Crippen LogP contribution in [0.5, 0.6) is 5.75 Å². The molecule has 2 aromatic rings. The van der Waals surface area contributed by atoms with E-state index in [1.807, 2.05) is 0 Å². The van der Waals surface area contributed by atoms with Crippen LogP contribution in [-0.4, -0.2) is 25.3 Å². The fourth-order valence-corrected chi connectivity index (χ4v) is 2.33. The topological polar surface area (TPSA) is 59.9 Å². The highest BCUT2D eigenvalue weighted by atomic mass is 19.4. The molecule has 0 atom stereocenters. The molecular weight excluding hydrogens is 361 g/mol. The van der Waals surface area contributed by atoms with Crippen molar-refractivity contribution in [1.82, 2.24) is 5.32 Å². The van der Waals surface area contributed by atoms with Crippen molar-refractivity contribution in [3.8, 4) is 5.75 Å². The average molecular weight is 380 g/mol. The molecule has 0 aromatic heterocycles. The number of hydrogen-bond donors (Lipinski definition) is 1. The van der Waals surface area contributed by atoms with Gasteiger partial charge in [0, 0.05) is 12.1 Å². The summed E-state index contributed by atoms with van der Waals surface area (Å²) in [5.74, 6) is -0.123. The lowest BCUT2D eigenvalue weighted by atomic mass is 10.0. The van der Waals surface area contributed by atoms with Crippen LogP contribution in [0.1, 0.15) is 23.6 Å². The summed E-state index contributed by atoms with van der Waals surface area (Å²) in [5, 5.41) is 6.44. The van der Waals surface area contributed by atoms with E-state index in [1.165, 1.54) is 19.2 Å². The lowest BCUT2D eigenvalue weighted by Gasteiger charge is -2.13. The van der Waals surface area contributed by atoms with E-state index in [1.54, 1.807) is 31.2 Å². The smallest absolute Gasteiger partial charge is 0.416 e. The Balaban J connectivity index is 2.20. The van der Waals surface area contributed by atoms with E-state index in [0.717, 1.165) is 12.1 Å². The van der Waals surface area contributed by atoms with Gasteiger partial charge in [-0.05, 0) is 36.8 Å². The maximum absolute atomic E-state index is 12.6. The van der Waals surface area contributed by atoms with Crippen LogP contribution in [0.2, 0.25) is 0 Å². The summed E-state index contributed by atoms with van der Waals surface area (Å²) >= 11 is 0. The van der Waals surface area contributed by atoms with Gasteiger partial charge in [0.2, 0.25) is 0 Å². The number of carbonyl (C=O) groups excluding carboxylic acids is 1. The zero-order chi connectivity index (χ0) is 19.9. The third-order valence-electron chi connectivity index (χ3n) is 3.58. The van der Waals surface area contributed by atoms with E-state index in [-0.39, 0.29) is 18.1 Å². The van der Waals surface area contributed by atoms with Crippen LogP contribution in [0, 0.1) is 0 Å². The molecule has 0 saturated heterocycles. The van der Waals surface area contributed by atoms with Crippen molar-refractivity contribution >= 4 is 11.6 Å². The molecule has 0 spiro atoms. The van der Waals surface area contributed by atoms with Crippen molar-refractivity contribution in [2.45, 2.75) is 19.7 Å². The molecule has 144 valence electrons. The molecule has 0 bridgehead atoms. The molecule has 0 heterocycles. The Hall–Kier alpha value is -3.03. The van der Waals surface area contributed by atoms with Crippen molar-refractivity contribution in [3.63, 3.8) is 0 Å². The monoisotopic (exact) mass is 380 g/mol. The number of rotatable bonds is 7. The molecule has 5 nitrogen and oxygen atoms in total. The van der Waals surface area contributed by atoms with Crippen molar-refractivity contribution in [1.29, 1.82) is 0 Å². The lowest BCUT2D eigenvalue weighted by Crippen LogP contribution is -2.32. The number of carbonyl (C=O) groups is 1. The molecule has 0 aliphatic heterocycles. The van der Waals surface area contributed by atoms with Gasteiger partial charge in [-0.3, -0.25) is 4.79 Å². The molecule has 2 aromatic carbocycles. The highest BCUT2D eigenvalue weighted by molar-refractivity contribution is 6.45. The molecule has 0 fully saturated rings. The molecule has 27 heavy (non-hydrogen) atoms. The van der Waals surface area contributed by atoms with Crippen molar-refractivity contribution < 1.29 is 27.5 Å². The number of ether oxygens (including phenoxy) is 1. The van der Waals surface area contributed by atoms with E-state index in [2.05, 4.69) is 10.5 Å². The molecular formula is C19H19F3N2O3. The van der Waals surface area contributed by atoms with Gasteiger partial charge in [0.05, 0.1) is 5.56 Å². The van der Waals surface area contributed by atoms with Crippen LogP contribution in [0.25, 0.3) is 0 Å². The minimum atomic E-state index is -4.40. The summed E-state index contributed by atoms with van der Waals surface area (Å²) in [4.78, 5) is 17.0. The second-order valence-corrected chi connectivity index (χ2v) is 5.45. The summed E-state index contributed by atoms with van der Waals surface area (Å²) in [6.45, 7) is 2.25. The van der Waals surface area contributed by atoms with Gasteiger partial charge < -0.3 is 14.9 Å². The Bertz CT molecular complexity index is 803. The Kier molecular flexibility index (Phi) is 6.81. The number of hydrogen-bond acceptors (Lipinski definition) is 4. The summed E-state index contributed by atoms with van der Waals surface area (Å²) in [5.41, 5.74) is 0.489. The first-order valence-corrected chi connectivity index (χ1v) is 8.14. The fraction of sp³-hybridized carbons (Fsp3) is 0.263. The fourth-order valence-electron chi connectivity index (χ4n) is 2.33. The quantitative estimate of drug-likeness (QED) is 0.588. The predicted octanol–water partition coefficient (Wildman–Crippen LogP) is 3.77. The van der Waals surface area contributed by atoms with E-state index in [0.29, 0.717) is 17.7 Å². The van der Waals surface area contributed by atoms with Crippen molar-refractivity contribution in [2.75, 3.05) is 13.7 Å². The van der Waals surface area contributed by atoms with E-state index < -0.39 is 17.6 Å². The summed E-state index contributed by atoms with van der Waals surface area (Å²) < 4.78 is 43.4. The Labute approximate surface area is 154 Å². The molecule has 0 aliphatic rings. The molecule has 0 saturated carbocycles. The van der Waals surface area contributed by atoms with Gasteiger partial charge in [0.15, 0.2) is 5.71 Å². The molecule has 1 amide bonds. The maximum atomic E-state index is 12.6. The maximum Gasteiger partial charge on any atom is 0.416 e. The van der Waals surface area contributed by atoms with Crippen LogP contribution in [0.15, 0.2) is 53.7 Å². The SMILES string of the molecule is CCNC(=O)/C(=N/OC)c1ccccc1COc1ccc(C(F)(F)F)cc1. The molecule has 0 aliphatic carbocycles. The third kappa shape index (κ3) is 5.47. The average Bonchev–Trinajstić information content (AvgIpc) is 2.64. The molecule has 1 N–H and O–H groups in total. The molecule has 0 radical (unpaired) electrons. The van der Waals surface area contributed by atoms with Crippen LogP contribution in [-0.2, 0) is 22.4 Å². The zero-order valence-corrected chi connectivity index (χ0v) is 14.8. The lowest BCUT2D eigenvalue weighted by molar-refractivity contribution is -0.137. The minimum Gasteiger partial charge on any atom is -0.489 e. The summed E-state index contributed by atoms with van der Waals surface area (Å²) in [6.07, 6.45) is -4.40. The third-order valence-corrected chi connectivity index (χ3v) is 3.58. The normalized spacial score (nSPS) is 11.8. The zero-order valence-electron chi connectivity index (χ0n) is 14.8. The standard InChI is InChI=1S/C19H19F3N2O3/c1-3-23-18(25)17(24-26-2)16-7-5-4-6-13(16)12-27-15-10-8-14(9-11-15)19(20,21)22/h4-11H,3,12H2,1-2H3,(H,23,25)/b24-17+. The Morgan fingerprint density at radius 2 is 1.78 bits per heavy atom. The number of nitrogens with zero attached hydrogens (tertiary/aromatic N) is 1. The molecule has 8 heteroatoms. The summed E-state index contributed by atoms with van der Waals surface area (Å²) in [7, 11) is 1.33. The first-order chi connectivity index (χ1) is 12.9. The first kappa shape index (κ1) is 20.3. The second-order valence-electron chi connectivity index (χ2n) is 5.45. The number of amides is 1. The van der Waals surface area contributed by atoms with Gasteiger partial charge in [-0.2, -0.15) is 13.2 Å². The van der Waals surface area contributed by atoms with Crippen molar-refractivity contribution in [2.24, 2.45) is 5.16 Å². The van der Waals surface area contributed by atoms with Crippen LogP contribution < -0.4 is 10.1 Å². The number of halogens is 3. The number of alkyl halides is 3. The number of benzene rings is 2. The molecule has 0 unspecified atom stereocenters. The van der Waals surface area contributed by atoms with Gasteiger partial charge in [-0.25, -0.2) is 0 Å². The number of likely N-dealkylation sites (N-methyl/N-ethyl adjacent to an activating group) is 1. The largest absolute Gasteiger partial charge is 0.489 e. The Morgan fingerprint density at radius 1 is 1.11 bits per heavy atom.